The van der Waals surface area contributed by atoms with Crippen LogP contribution in [0.2, 0.25) is 0 Å². The number of nitrogens with one attached hydrogen (secondary N) is 1. The number of hydrogen-bond acceptors (Lipinski definition) is 3. The largest absolute Gasteiger partial charge is 0.377 e. The molecule has 0 bridgehead atoms. The molecule has 0 radical (unpaired) electrons. The summed E-state index contributed by atoms with van der Waals surface area (Å²) in [7, 11) is 0. The van der Waals surface area contributed by atoms with Gasteiger partial charge in [0.25, 0.3) is 0 Å². The molecule has 3 nitrogen and oxygen atoms in total. The zero-order valence-corrected chi connectivity index (χ0v) is 10.5. The third-order valence-electron chi connectivity index (χ3n) is 2.86. The highest BCUT2D eigenvalue weighted by Gasteiger charge is 2.07. The van der Waals surface area contributed by atoms with Gasteiger partial charge in [-0.1, -0.05) is 6.07 Å². The van der Waals surface area contributed by atoms with Crippen LogP contribution in [-0.4, -0.2) is 4.98 Å². The molecule has 2 rings (SSSR count). The van der Waals surface area contributed by atoms with E-state index in [-0.39, 0.29) is 6.04 Å². The molecule has 0 aliphatic rings. The van der Waals surface area contributed by atoms with Crippen LogP contribution in [0.1, 0.15) is 29.8 Å². The average Bonchev–Trinajstić information content (AvgIpc) is 2.42. The van der Waals surface area contributed by atoms with Crippen LogP contribution in [0.4, 0.5) is 5.69 Å². The summed E-state index contributed by atoms with van der Waals surface area (Å²) in [5, 5.41) is 12.2. The van der Waals surface area contributed by atoms with E-state index >= 15 is 0 Å². The highest BCUT2D eigenvalue weighted by atomic mass is 14.9. The molecule has 2 aromatic rings. The Morgan fingerprint density at radius 3 is 2.72 bits per heavy atom. The lowest BCUT2D eigenvalue weighted by molar-refractivity contribution is 0.838. The predicted octanol–water partition coefficient (Wildman–Crippen LogP) is 3.43. The maximum absolute atomic E-state index is 8.83. The van der Waals surface area contributed by atoms with Gasteiger partial charge in [-0.2, -0.15) is 5.26 Å². The van der Waals surface area contributed by atoms with Gasteiger partial charge in [-0.05, 0) is 49.7 Å². The van der Waals surface area contributed by atoms with Gasteiger partial charge in [0, 0.05) is 11.9 Å². The summed E-state index contributed by atoms with van der Waals surface area (Å²) < 4.78 is 0. The van der Waals surface area contributed by atoms with Crippen LogP contribution < -0.4 is 5.32 Å². The first-order valence-corrected chi connectivity index (χ1v) is 5.89. The molecule has 1 N–H and O–H groups in total. The van der Waals surface area contributed by atoms with Gasteiger partial charge in [0.2, 0.25) is 0 Å². The van der Waals surface area contributed by atoms with Gasteiger partial charge < -0.3 is 5.32 Å². The van der Waals surface area contributed by atoms with Crippen molar-refractivity contribution in [3.63, 3.8) is 0 Å². The number of aromatic nitrogens is 1. The Morgan fingerprint density at radius 2 is 2.11 bits per heavy atom. The molecule has 0 saturated carbocycles. The second-order valence-corrected chi connectivity index (χ2v) is 4.26. The van der Waals surface area contributed by atoms with Gasteiger partial charge in [-0.25, -0.2) is 0 Å². The van der Waals surface area contributed by atoms with Gasteiger partial charge in [-0.15, -0.1) is 0 Å². The molecule has 0 fully saturated rings. The lowest BCUT2D eigenvalue weighted by Crippen LogP contribution is -2.09. The molecule has 0 spiro atoms. The molecule has 0 aliphatic heterocycles. The molecular weight excluding hydrogens is 222 g/mol. The first-order chi connectivity index (χ1) is 8.70. The number of pyridine rings is 1. The normalized spacial score (nSPS) is 11.6. The molecule has 1 heterocycles. The van der Waals surface area contributed by atoms with Crippen molar-refractivity contribution in [2.45, 2.75) is 19.9 Å². The summed E-state index contributed by atoms with van der Waals surface area (Å²) in [6.07, 6.45) is 1.79. The average molecular weight is 237 g/mol. The monoisotopic (exact) mass is 237 g/mol. The minimum Gasteiger partial charge on any atom is -0.377 e. The maximum Gasteiger partial charge on any atom is 0.0991 e. The fraction of sp³-hybridized carbons (Fsp3) is 0.200. The quantitative estimate of drug-likeness (QED) is 0.889. The maximum atomic E-state index is 8.83. The highest BCUT2D eigenvalue weighted by molar-refractivity contribution is 5.54. The molecule has 1 aromatic carbocycles. The highest BCUT2D eigenvalue weighted by Crippen LogP contribution is 2.21. The minimum absolute atomic E-state index is 0.137. The van der Waals surface area contributed by atoms with Gasteiger partial charge in [0.1, 0.15) is 0 Å². The number of anilines is 1. The standard InChI is InChI=1S/C15H15N3/c1-11-9-13(10-16)6-7-14(11)18-12(2)15-5-3-4-8-17-15/h3-9,12,18H,1-2H3. The molecule has 90 valence electrons. The molecule has 1 atom stereocenters. The van der Waals surface area contributed by atoms with Crippen molar-refractivity contribution in [2.75, 3.05) is 5.32 Å². The summed E-state index contributed by atoms with van der Waals surface area (Å²) in [6, 6.07) is 13.8. The Kier molecular flexibility index (Phi) is 3.59. The van der Waals surface area contributed by atoms with E-state index in [0.717, 1.165) is 16.9 Å². The van der Waals surface area contributed by atoms with Crippen LogP contribution in [0, 0.1) is 18.3 Å². The van der Waals surface area contributed by atoms with E-state index in [1.54, 1.807) is 6.20 Å². The number of hydrogen-bond donors (Lipinski definition) is 1. The summed E-state index contributed by atoms with van der Waals surface area (Å²) >= 11 is 0. The smallest absolute Gasteiger partial charge is 0.0991 e. The Balaban J connectivity index is 2.18. The van der Waals surface area contributed by atoms with Crippen molar-refractivity contribution in [3.8, 4) is 6.07 Å². The Labute approximate surface area is 107 Å². The molecule has 18 heavy (non-hydrogen) atoms. The van der Waals surface area contributed by atoms with Crippen LogP contribution in [0.25, 0.3) is 0 Å². The number of nitrogens with zero attached hydrogens (tertiary/aromatic N) is 2. The number of aryl methyl sites for hydroxylation is 1. The number of rotatable bonds is 3. The van der Waals surface area contributed by atoms with Crippen molar-refractivity contribution >= 4 is 5.69 Å². The summed E-state index contributed by atoms with van der Waals surface area (Å²) in [5.74, 6) is 0. The summed E-state index contributed by atoms with van der Waals surface area (Å²) in [5.41, 5.74) is 3.79. The van der Waals surface area contributed by atoms with Gasteiger partial charge in [0.15, 0.2) is 0 Å². The van der Waals surface area contributed by atoms with Crippen LogP contribution in [0.5, 0.6) is 0 Å². The predicted molar refractivity (Wildman–Crippen MR) is 72.2 cm³/mol. The van der Waals surface area contributed by atoms with E-state index in [9.17, 15) is 0 Å². The van der Waals surface area contributed by atoms with E-state index in [1.807, 2.05) is 43.3 Å². The topological polar surface area (TPSA) is 48.7 Å². The zero-order valence-electron chi connectivity index (χ0n) is 10.5. The van der Waals surface area contributed by atoms with Crippen LogP contribution in [0.3, 0.4) is 0 Å². The fourth-order valence-electron chi connectivity index (χ4n) is 1.83. The van der Waals surface area contributed by atoms with Crippen molar-refractivity contribution < 1.29 is 0 Å². The SMILES string of the molecule is Cc1cc(C#N)ccc1NC(C)c1ccccn1. The second-order valence-electron chi connectivity index (χ2n) is 4.26. The van der Waals surface area contributed by atoms with E-state index in [0.29, 0.717) is 5.56 Å². The molecular formula is C15H15N3. The van der Waals surface area contributed by atoms with Gasteiger partial charge >= 0.3 is 0 Å². The van der Waals surface area contributed by atoms with Gasteiger partial charge in [0.05, 0.1) is 23.4 Å². The van der Waals surface area contributed by atoms with Crippen molar-refractivity contribution in [1.82, 2.24) is 4.98 Å². The first kappa shape index (κ1) is 12.1. The van der Waals surface area contributed by atoms with Crippen LogP contribution in [-0.2, 0) is 0 Å². The molecule has 0 aliphatic carbocycles. The van der Waals surface area contributed by atoms with Crippen LogP contribution in [0.15, 0.2) is 42.6 Å². The molecule has 0 amide bonds. The Morgan fingerprint density at radius 1 is 1.28 bits per heavy atom. The van der Waals surface area contributed by atoms with Gasteiger partial charge in [-0.3, -0.25) is 4.98 Å². The summed E-state index contributed by atoms with van der Waals surface area (Å²) in [4.78, 5) is 4.32. The fourth-order valence-corrected chi connectivity index (χ4v) is 1.83. The van der Waals surface area contributed by atoms with E-state index < -0.39 is 0 Å². The minimum atomic E-state index is 0.137. The third-order valence-corrected chi connectivity index (χ3v) is 2.86. The van der Waals surface area contributed by atoms with Crippen molar-refractivity contribution in [2.24, 2.45) is 0 Å². The summed E-state index contributed by atoms with van der Waals surface area (Å²) in [6.45, 7) is 4.06. The van der Waals surface area contributed by atoms with E-state index in [4.69, 9.17) is 5.26 Å². The molecule has 0 saturated heterocycles. The Bertz CT molecular complexity index is 570. The second kappa shape index (κ2) is 5.33. The number of benzene rings is 1. The van der Waals surface area contributed by atoms with E-state index in [1.165, 1.54) is 0 Å². The Hall–Kier alpha value is -2.34. The van der Waals surface area contributed by atoms with Crippen molar-refractivity contribution in [3.05, 3.63) is 59.4 Å². The first-order valence-electron chi connectivity index (χ1n) is 5.89. The zero-order chi connectivity index (χ0) is 13.0. The number of nitriles is 1. The molecule has 3 heteroatoms. The molecule has 1 aromatic heterocycles. The lowest BCUT2D eigenvalue weighted by atomic mass is 10.1. The van der Waals surface area contributed by atoms with E-state index in [2.05, 4.69) is 23.3 Å². The lowest BCUT2D eigenvalue weighted by Gasteiger charge is -2.16. The third kappa shape index (κ3) is 2.67. The van der Waals surface area contributed by atoms with Crippen molar-refractivity contribution in [1.29, 1.82) is 5.26 Å². The van der Waals surface area contributed by atoms with Crippen LogP contribution >= 0.6 is 0 Å². The molecule has 1 unspecified atom stereocenters.